The first kappa shape index (κ1) is 16.4. The lowest BCUT2D eigenvalue weighted by Crippen LogP contribution is -2.37. The van der Waals surface area contributed by atoms with Gasteiger partial charge in [0.25, 0.3) is 5.91 Å². The number of amides is 1. The molecule has 0 aliphatic carbocycles. The van der Waals surface area contributed by atoms with Crippen molar-refractivity contribution in [3.05, 3.63) is 54.0 Å². The lowest BCUT2D eigenvalue weighted by molar-refractivity contribution is -0.141. The molecule has 0 saturated heterocycles. The molecule has 1 atom stereocenters. The summed E-state index contributed by atoms with van der Waals surface area (Å²) in [4.78, 5) is 33.0. The monoisotopic (exact) mass is 314 g/mol. The van der Waals surface area contributed by atoms with Crippen molar-refractivity contribution >= 4 is 17.7 Å². The van der Waals surface area contributed by atoms with Crippen LogP contribution in [-0.4, -0.2) is 38.4 Å². The van der Waals surface area contributed by atoms with Crippen LogP contribution in [0.15, 0.2) is 42.7 Å². The molecule has 2 aromatic rings. The number of nitrogens with zero attached hydrogens (tertiary/aromatic N) is 3. The molecule has 0 fully saturated rings. The standard InChI is InChI=1S/C16H18N4O3/c1-11(16(22)23)9-20(10-12-5-3-2-4-6-12)15(21)13-14(17)19-8-7-18-13/h2-8,11H,9-10H2,1H3,(H2,17,19)(H,22,23)/t11-/m0/s1. The minimum atomic E-state index is -0.969. The summed E-state index contributed by atoms with van der Waals surface area (Å²) >= 11 is 0. The van der Waals surface area contributed by atoms with Crippen molar-refractivity contribution < 1.29 is 14.7 Å². The molecule has 0 unspecified atom stereocenters. The lowest BCUT2D eigenvalue weighted by atomic mass is 10.1. The number of hydrogen-bond acceptors (Lipinski definition) is 5. The largest absolute Gasteiger partial charge is 0.481 e. The molecule has 23 heavy (non-hydrogen) atoms. The van der Waals surface area contributed by atoms with E-state index in [0.29, 0.717) is 0 Å². The highest BCUT2D eigenvalue weighted by atomic mass is 16.4. The molecule has 1 aromatic carbocycles. The summed E-state index contributed by atoms with van der Waals surface area (Å²) in [5.41, 5.74) is 6.62. The van der Waals surface area contributed by atoms with Crippen molar-refractivity contribution in [1.29, 1.82) is 0 Å². The van der Waals surface area contributed by atoms with Crippen LogP contribution < -0.4 is 5.73 Å². The van der Waals surface area contributed by atoms with Gasteiger partial charge < -0.3 is 15.7 Å². The summed E-state index contributed by atoms with van der Waals surface area (Å²) < 4.78 is 0. The van der Waals surface area contributed by atoms with Crippen LogP contribution >= 0.6 is 0 Å². The van der Waals surface area contributed by atoms with Crippen molar-refractivity contribution in [3.63, 3.8) is 0 Å². The minimum Gasteiger partial charge on any atom is -0.481 e. The number of aliphatic carboxylic acids is 1. The van der Waals surface area contributed by atoms with E-state index in [4.69, 9.17) is 10.8 Å². The van der Waals surface area contributed by atoms with E-state index < -0.39 is 17.8 Å². The van der Waals surface area contributed by atoms with Crippen LogP contribution in [0.2, 0.25) is 0 Å². The fraction of sp³-hybridized carbons (Fsp3) is 0.250. The molecule has 1 heterocycles. The maximum absolute atomic E-state index is 12.7. The number of nitrogens with two attached hydrogens (primary N) is 1. The molecule has 0 bridgehead atoms. The van der Waals surface area contributed by atoms with E-state index >= 15 is 0 Å². The normalized spacial score (nSPS) is 11.7. The van der Waals surface area contributed by atoms with Crippen molar-refractivity contribution in [2.75, 3.05) is 12.3 Å². The molecule has 120 valence electrons. The summed E-state index contributed by atoms with van der Waals surface area (Å²) in [6.45, 7) is 1.88. The summed E-state index contributed by atoms with van der Waals surface area (Å²) in [5.74, 6) is -2.09. The van der Waals surface area contributed by atoms with Gasteiger partial charge in [-0.25, -0.2) is 9.97 Å². The Kier molecular flexibility index (Phi) is 5.24. The number of anilines is 1. The number of carboxylic acids is 1. The maximum Gasteiger partial charge on any atom is 0.308 e. The second kappa shape index (κ2) is 7.35. The molecule has 1 amide bonds. The molecule has 7 nitrogen and oxygen atoms in total. The topological polar surface area (TPSA) is 109 Å². The molecule has 2 rings (SSSR count). The number of carbonyl (C=O) groups is 2. The molecule has 0 saturated carbocycles. The van der Waals surface area contributed by atoms with Gasteiger partial charge in [0.1, 0.15) is 0 Å². The number of hydrogen-bond donors (Lipinski definition) is 2. The minimum absolute atomic E-state index is 0.0264. The first-order valence-corrected chi connectivity index (χ1v) is 7.11. The highest BCUT2D eigenvalue weighted by Gasteiger charge is 2.24. The van der Waals surface area contributed by atoms with Crippen LogP contribution in [0.5, 0.6) is 0 Å². The second-order valence-corrected chi connectivity index (χ2v) is 5.20. The van der Waals surface area contributed by atoms with Crippen molar-refractivity contribution in [3.8, 4) is 0 Å². The lowest BCUT2D eigenvalue weighted by Gasteiger charge is -2.24. The summed E-state index contributed by atoms with van der Waals surface area (Å²) in [6.07, 6.45) is 2.78. The highest BCUT2D eigenvalue weighted by molar-refractivity contribution is 5.96. The average Bonchev–Trinajstić information content (AvgIpc) is 2.55. The predicted octanol–water partition coefficient (Wildman–Crippen LogP) is 1.42. The Balaban J connectivity index is 2.27. The van der Waals surface area contributed by atoms with E-state index in [0.717, 1.165) is 5.56 Å². The van der Waals surface area contributed by atoms with E-state index in [9.17, 15) is 9.59 Å². The third kappa shape index (κ3) is 4.26. The van der Waals surface area contributed by atoms with E-state index in [2.05, 4.69) is 9.97 Å². The van der Waals surface area contributed by atoms with Gasteiger partial charge >= 0.3 is 5.97 Å². The fourth-order valence-corrected chi connectivity index (χ4v) is 2.10. The van der Waals surface area contributed by atoms with Gasteiger partial charge in [-0.05, 0) is 5.56 Å². The van der Waals surface area contributed by atoms with Gasteiger partial charge in [0, 0.05) is 25.5 Å². The molecule has 0 aliphatic heterocycles. The Morgan fingerprint density at radius 3 is 2.48 bits per heavy atom. The average molecular weight is 314 g/mol. The van der Waals surface area contributed by atoms with E-state index in [1.54, 1.807) is 6.92 Å². The fourth-order valence-electron chi connectivity index (χ4n) is 2.10. The molecular weight excluding hydrogens is 296 g/mol. The maximum atomic E-state index is 12.7. The van der Waals surface area contributed by atoms with Crippen LogP contribution in [0.4, 0.5) is 5.82 Å². The number of carboxylic acid groups (broad SMARTS) is 1. The second-order valence-electron chi connectivity index (χ2n) is 5.20. The third-order valence-corrected chi connectivity index (χ3v) is 3.35. The number of benzene rings is 1. The van der Waals surface area contributed by atoms with E-state index in [1.165, 1.54) is 17.3 Å². The molecule has 7 heteroatoms. The Labute approximate surface area is 133 Å². The molecular formula is C16H18N4O3. The first-order chi connectivity index (χ1) is 11.0. The van der Waals surface area contributed by atoms with Crippen LogP contribution in [0.25, 0.3) is 0 Å². The zero-order chi connectivity index (χ0) is 16.8. The SMILES string of the molecule is C[C@@H](CN(Cc1ccccc1)C(=O)c1nccnc1N)C(=O)O. The molecule has 0 radical (unpaired) electrons. The number of rotatable bonds is 6. The van der Waals surface area contributed by atoms with Crippen LogP contribution in [0.1, 0.15) is 23.0 Å². The molecule has 3 N–H and O–H groups in total. The van der Waals surface area contributed by atoms with Gasteiger partial charge in [-0.3, -0.25) is 9.59 Å². The summed E-state index contributed by atoms with van der Waals surface area (Å²) in [5, 5.41) is 9.11. The van der Waals surface area contributed by atoms with E-state index in [-0.39, 0.29) is 24.6 Å². The number of nitrogen functional groups attached to an aromatic ring is 1. The van der Waals surface area contributed by atoms with Crippen LogP contribution in [-0.2, 0) is 11.3 Å². The van der Waals surface area contributed by atoms with Crippen molar-refractivity contribution in [1.82, 2.24) is 14.9 Å². The van der Waals surface area contributed by atoms with Gasteiger partial charge in [-0.1, -0.05) is 37.3 Å². The first-order valence-electron chi connectivity index (χ1n) is 7.11. The summed E-state index contributed by atoms with van der Waals surface area (Å²) in [7, 11) is 0. The Bertz CT molecular complexity index is 691. The molecule has 0 aliphatic rings. The van der Waals surface area contributed by atoms with Crippen LogP contribution in [0.3, 0.4) is 0 Å². The van der Waals surface area contributed by atoms with Gasteiger partial charge in [-0.2, -0.15) is 0 Å². The molecule has 1 aromatic heterocycles. The van der Waals surface area contributed by atoms with Gasteiger partial charge in [0.2, 0.25) is 0 Å². The Hall–Kier alpha value is -2.96. The number of aromatic nitrogens is 2. The van der Waals surface area contributed by atoms with Gasteiger partial charge in [-0.15, -0.1) is 0 Å². The van der Waals surface area contributed by atoms with Crippen molar-refractivity contribution in [2.24, 2.45) is 5.92 Å². The number of carbonyl (C=O) groups excluding carboxylic acids is 1. The zero-order valence-electron chi connectivity index (χ0n) is 12.7. The Morgan fingerprint density at radius 1 is 1.22 bits per heavy atom. The third-order valence-electron chi connectivity index (χ3n) is 3.35. The quantitative estimate of drug-likeness (QED) is 0.834. The van der Waals surface area contributed by atoms with Gasteiger partial charge in [0.05, 0.1) is 5.92 Å². The van der Waals surface area contributed by atoms with Gasteiger partial charge in [0.15, 0.2) is 11.5 Å². The summed E-state index contributed by atoms with van der Waals surface area (Å²) in [6, 6.07) is 9.32. The Morgan fingerprint density at radius 2 is 1.87 bits per heavy atom. The molecule has 0 spiro atoms. The predicted molar refractivity (Wildman–Crippen MR) is 84.4 cm³/mol. The van der Waals surface area contributed by atoms with E-state index in [1.807, 2.05) is 30.3 Å². The highest BCUT2D eigenvalue weighted by Crippen LogP contribution is 2.14. The zero-order valence-corrected chi connectivity index (χ0v) is 12.7. The smallest absolute Gasteiger partial charge is 0.308 e. The van der Waals surface area contributed by atoms with Crippen LogP contribution in [0, 0.1) is 5.92 Å². The van der Waals surface area contributed by atoms with Crippen molar-refractivity contribution in [2.45, 2.75) is 13.5 Å².